The van der Waals surface area contributed by atoms with Gasteiger partial charge in [0.25, 0.3) is 0 Å². The van der Waals surface area contributed by atoms with Crippen LogP contribution in [0, 0.1) is 12.3 Å². The Morgan fingerprint density at radius 2 is 1.91 bits per heavy atom. The molecule has 6 nitrogen and oxygen atoms in total. The summed E-state index contributed by atoms with van der Waals surface area (Å²) in [6.07, 6.45) is 5.22. The standard InChI is InChI=1S/C26H30N4O2/c1-20-7-9-22(10-8-20)23-6-3-5-21(17-23)18-26(25(32)27-2)12-16-29(19-26)24(31)11-15-30-14-4-13-28-30/h3-10,13-14,17H,11-12,15-16,18-19H2,1-2H3,(H,27,32). The molecule has 0 bridgehead atoms. The van der Waals surface area contributed by atoms with E-state index in [-0.39, 0.29) is 11.8 Å². The van der Waals surface area contributed by atoms with E-state index in [1.807, 2.05) is 23.2 Å². The van der Waals surface area contributed by atoms with Gasteiger partial charge in [0.1, 0.15) is 0 Å². The fraction of sp³-hybridized carbons (Fsp3) is 0.346. The van der Waals surface area contributed by atoms with Crippen LogP contribution in [0.3, 0.4) is 0 Å². The van der Waals surface area contributed by atoms with E-state index >= 15 is 0 Å². The molecule has 1 aliphatic heterocycles. The number of benzene rings is 2. The van der Waals surface area contributed by atoms with Gasteiger partial charge in [-0.3, -0.25) is 14.3 Å². The van der Waals surface area contributed by atoms with E-state index in [4.69, 9.17) is 0 Å². The second-order valence-electron chi connectivity index (χ2n) is 8.69. The summed E-state index contributed by atoms with van der Waals surface area (Å²) in [6.45, 7) is 3.67. The third kappa shape index (κ3) is 4.74. The lowest BCUT2D eigenvalue weighted by Gasteiger charge is -2.28. The highest BCUT2D eigenvalue weighted by atomic mass is 16.2. The fourth-order valence-corrected chi connectivity index (χ4v) is 4.56. The maximum atomic E-state index is 13.0. The number of hydrogen-bond acceptors (Lipinski definition) is 3. The second-order valence-corrected chi connectivity index (χ2v) is 8.69. The minimum Gasteiger partial charge on any atom is -0.359 e. The predicted molar refractivity (Wildman–Crippen MR) is 125 cm³/mol. The van der Waals surface area contributed by atoms with Crippen LogP contribution in [-0.4, -0.2) is 46.6 Å². The van der Waals surface area contributed by atoms with Crippen LogP contribution in [0.15, 0.2) is 67.0 Å². The third-order valence-electron chi connectivity index (χ3n) is 6.38. The number of likely N-dealkylation sites (tertiary alicyclic amines) is 1. The molecule has 2 aromatic carbocycles. The van der Waals surface area contributed by atoms with Crippen molar-refractivity contribution >= 4 is 11.8 Å². The summed E-state index contributed by atoms with van der Waals surface area (Å²) in [7, 11) is 1.68. The first-order valence-electron chi connectivity index (χ1n) is 11.1. The maximum Gasteiger partial charge on any atom is 0.228 e. The molecule has 1 saturated heterocycles. The van der Waals surface area contributed by atoms with Gasteiger partial charge in [-0.2, -0.15) is 5.10 Å². The smallest absolute Gasteiger partial charge is 0.228 e. The highest BCUT2D eigenvalue weighted by Crippen LogP contribution is 2.36. The monoisotopic (exact) mass is 430 g/mol. The summed E-state index contributed by atoms with van der Waals surface area (Å²) in [5.74, 6) is 0.0697. The summed E-state index contributed by atoms with van der Waals surface area (Å²) in [5.41, 5.74) is 4.03. The third-order valence-corrected chi connectivity index (χ3v) is 6.38. The van der Waals surface area contributed by atoms with E-state index in [9.17, 15) is 9.59 Å². The summed E-state index contributed by atoms with van der Waals surface area (Å²) in [6, 6.07) is 18.7. The van der Waals surface area contributed by atoms with Gasteiger partial charge in [-0.1, -0.05) is 54.1 Å². The van der Waals surface area contributed by atoms with E-state index in [1.165, 1.54) is 5.56 Å². The zero-order valence-electron chi connectivity index (χ0n) is 18.8. The number of amides is 2. The molecule has 0 radical (unpaired) electrons. The molecule has 1 atom stereocenters. The number of aromatic nitrogens is 2. The largest absolute Gasteiger partial charge is 0.359 e. The molecule has 2 heterocycles. The Morgan fingerprint density at radius 3 is 2.62 bits per heavy atom. The number of carbonyl (C=O) groups excluding carboxylic acids is 2. The quantitative estimate of drug-likeness (QED) is 0.624. The molecule has 4 rings (SSSR count). The Bertz CT molecular complexity index is 1080. The van der Waals surface area contributed by atoms with Crippen molar-refractivity contribution in [2.24, 2.45) is 5.41 Å². The van der Waals surface area contributed by atoms with Crippen molar-refractivity contribution < 1.29 is 9.59 Å². The van der Waals surface area contributed by atoms with E-state index < -0.39 is 5.41 Å². The number of nitrogens with zero attached hydrogens (tertiary/aromatic N) is 3. The van der Waals surface area contributed by atoms with Gasteiger partial charge >= 0.3 is 0 Å². The molecule has 1 aromatic heterocycles. The lowest BCUT2D eigenvalue weighted by Crippen LogP contribution is -2.44. The summed E-state index contributed by atoms with van der Waals surface area (Å²) in [5, 5.41) is 7.00. The van der Waals surface area contributed by atoms with Crippen molar-refractivity contribution in [3.05, 3.63) is 78.1 Å². The van der Waals surface area contributed by atoms with Gasteiger partial charge in [-0.05, 0) is 42.5 Å². The molecule has 1 unspecified atom stereocenters. The number of carbonyl (C=O) groups is 2. The van der Waals surface area contributed by atoms with Crippen LogP contribution in [0.5, 0.6) is 0 Å². The molecule has 1 aliphatic rings. The van der Waals surface area contributed by atoms with Crippen LogP contribution in [0.4, 0.5) is 0 Å². The van der Waals surface area contributed by atoms with E-state index in [1.54, 1.807) is 17.9 Å². The Morgan fingerprint density at radius 1 is 1.09 bits per heavy atom. The topological polar surface area (TPSA) is 67.2 Å². The summed E-state index contributed by atoms with van der Waals surface area (Å²) in [4.78, 5) is 27.6. The number of hydrogen-bond donors (Lipinski definition) is 1. The molecular weight excluding hydrogens is 400 g/mol. The van der Waals surface area contributed by atoms with Crippen molar-refractivity contribution in [2.45, 2.75) is 32.7 Å². The van der Waals surface area contributed by atoms with Crippen molar-refractivity contribution in [1.29, 1.82) is 0 Å². The average Bonchev–Trinajstić information content (AvgIpc) is 3.48. The molecule has 3 aromatic rings. The molecular formula is C26H30N4O2. The van der Waals surface area contributed by atoms with Gasteiger partial charge in [0, 0.05) is 45.5 Å². The normalized spacial score (nSPS) is 18.0. The second kappa shape index (κ2) is 9.39. The van der Waals surface area contributed by atoms with Crippen LogP contribution in [0.2, 0.25) is 0 Å². The van der Waals surface area contributed by atoms with E-state index in [0.717, 1.165) is 16.7 Å². The maximum absolute atomic E-state index is 13.0. The number of aryl methyl sites for hydroxylation is 2. The Labute approximate surface area is 189 Å². The first kappa shape index (κ1) is 21.8. The van der Waals surface area contributed by atoms with Gasteiger partial charge < -0.3 is 10.2 Å². The van der Waals surface area contributed by atoms with Gasteiger partial charge in [-0.25, -0.2) is 0 Å². The van der Waals surface area contributed by atoms with E-state index in [0.29, 0.717) is 38.9 Å². The number of rotatable bonds is 7. The molecule has 1 N–H and O–H groups in total. The van der Waals surface area contributed by atoms with Crippen LogP contribution < -0.4 is 5.32 Å². The average molecular weight is 431 g/mol. The predicted octanol–water partition coefficient (Wildman–Crippen LogP) is 3.46. The molecule has 0 aliphatic carbocycles. The van der Waals surface area contributed by atoms with E-state index in [2.05, 4.69) is 59.8 Å². The highest BCUT2D eigenvalue weighted by molar-refractivity contribution is 5.85. The molecule has 0 spiro atoms. The van der Waals surface area contributed by atoms with Crippen LogP contribution in [0.1, 0.15) is 24.0 Å². The Balaban J connectivity index is 1.49. The summed E-state index contributed by atoms with van der Waals surface area (Å²) >= 11 is 0. The SMILES string of the molecule is CNC(=O)C1(Cc2cccc(-c3ccc(C)cc3)c2)CCN(C(=O)CCn2cccn2)C1. The Hall–Kier alpha value is -3.41. The lowest BCUT2D eigenvalue weighted by atomic mass is 9.79. The molecule has 6 heteroatoms. The fourth-order valence-electron chi connectivity index (χ4n) is 4.56. The van der Waals surface area contributed by atoms with Crippen molar-refractivity contribution in [3.63, 3.8) is 0 Å². The van der Waals surface area contributed by atoms with Gasteiger partial charge in [0.2, 0.25) is 11.8 Å². The van der Waals surface area contributed by atoms with Crippen LogP contribution >= 0.6 is 0 Å². The first-order valence-corrected chi connectivity index (χ1v) is 11.1. The molecule has 2 amide bonds. The molecule has 32 heavy (non-hydrogen) atoms. The van der Waals surface area contributed by atoms with Gasteiger partial charge in [0.15, 0.2) is 0 Å². The molecule has 0 saturated carbocycles. The minimum atomic E-state index is -0.609. The minimum absolute atomic E-state index is 0.000570. The van der Waals surface area contributed by atoms with Crippen molar-refractivity contribution in [2.75, 3.05) is 20.1 Å². The van der Waals surface area contributed by atoms with Crippen molar-refractivity contribution in [3.8, 4) is 11.1 Å². The number of nitrogens with one attached hydrogen (secondary N) is 1. The zero-order valence-corrected chi connectivity index (χ0v) is 18.8. The van der Waals surface area contributed by atoms with Crippen LogP contribution in [0.25, 0.3) is 11.1 Å². The van der Waals surface area contributed by atoms with Gasteiger partial charge in [-0.15, -0.1) is 0 Å². The molecule has 1 fully saturated rings. The van der Waals surface area contributed by atoms with Crippen LogP contribution in [-0.2, 0) is 22.6 Å². The first-order chi connectivity index (χ1) is 15.5. The zero-order chi connectivity index (χ0) is 22.6. The Kier molecular flexibility index (Phi) is 6.40. The highest BCUT2D eigenvalue weighted by Gasteiger charge is 2.45. The van der Waals surface area contributed by atoms with Gasteiger partial charge in [0.05, 0.1) is 5.41 Å². The summed E-state index contributed by atoms with van der Waals surface area (Å²) < 4.78 is 1.76. The molecule has 166 valence electrons. The lowest BCUT2D eigenvalue weighted by molar-refractivity contribution is -0.133. The van der Waals surface area contributed by atoms with Crippen molar-refractivity contribution in [1.82, 2.24) is 20.0 Å².